The van der Waals surface area contributed by atoms with E-state index < -0.39 is 6.10 Å². The van der Waals surface area contributed by atoms with E-state index in [1.165, 1.54) is 12.1 Å². The van der Waals surface area contributed by atoms with Gasteiger partial charge in [-0.05, 0) is 42.7 Å². The lowest BCUT2D eigenvalue weighted by atomic mass is 10.1. The summed E-state index contributed by atoms with van der Waals surface area (Å²) in [7, 11) is 0. The van der Waals surface area contributed by atoms with Crippen LogP contribution in [0.4, 0.5) is 4.39 Å². The number of nitrogens with zero attached hydrogens (tertiary/aromatic N) is 1. The van der Waals surface area contributed by atoms with Gasteiger partial charge < -0.3 is 14.6 Å². The molecular formula is C21H27ClFNO3. The molecule has 1 saturated heterocycles. The SMILES string of the molecule is Cc1cccc(C)c1OCC(O)CN1CCOC(c2cccc(F)c2)C1.Cl. The van der Waals surface area contributed by atoms with Gasteiger partial charge in [0.2, 0.25) is 0 Å². The first-order valence-corrected chi connectivity index (χ1v) is 8.99. The maximum absolute atomic E-state index is 13.4. The van der Waals surface area contributed by atoms with Crippen molar-refractivity contribution in [3.05, 3.63) is 65.0 Å². The Hall–Kier alpha value is -1.66. The van der Waals surface area contributed by atoms with Gasteiger partial charge in [0.1, 0.15) is 24.3 Å². The molecule has 0 spiro atoms. The van der Waals surface area contributed by atoms with E-state index in [2.05, 4.69) is 4.90 Å². The Morgan fingerprint density at radius 1 is 1.22 bits per heavy atom. The molecule has 0 aromatic heterocycles. The van der Waals surface area contributed by atoms with Crippen LogP contribution in [0.5, 0.6) is 5.75 Å². The van der Waals surface area contributed by atoms with E-state index in [1.807, 2.05) is 38.1 Å². The molecule has 1 aliphatic rings. The molecule has 1 N–H and O–H groups in total. The normalized spacial score (nSPS) is 18.6. The lowest BCUT2D eigenvalue weighted by Gasteiger charge is -2.34. The number of ether oxygens (including phenoxy) is 2. The summed E-state index contributed by atoms with van der Waals surface area (Å²) in [5.41, 5.74) is 2.96. The zero-order valence-electron chi connectivity index (χ0n) is 15.7. The third kappa shape index (κ3) is 5.91. The number of rotatable bonds is 6. The summed E-state index contributed by atoms with van der Waals surface area (Å²) in [6, 6.07) is 12.5. The molecule has 2 unspecified atom stereocenters. The monoisotopic (exact) mass is 395 g/mol. The number of hydrogen-bond acceptors (Lipinski definition) is 4. The third-order valence-corrected chi connectivity index (χ3v) is 4.67. The van der Waals surface area contributed by atoms with E-state index in [4.69, 9.17) is 9.47 Å². The average molecular weight is 396 g/mol. The van der Waals surface area contributed by atoms with Crippen LogP contribution in [-0.2, 0) is 4.74 Å². The second-order valence-electron chi connectivity index (χ2n) is 6.86. The van der Waals surface area contributed by atoms with Crippen LogP contribution in [0.15, 0.2) is 42.5 Å². The molecule has 0 aliphatic carbocycles. The molecule has 0 radical (unpaired) electrons. The largest absolute Gasteiger partial charge is 0.490 e. The molecule has 0 bridgehead atoms. The Morgan fingerprint density at radius 3 is 2.63 bits per heavy atom. The fourth-order valence-electron chi connectivity index (χ4n) is 3.33. The van der Waals surface area contributed by atoms with Gasteiger partial charge in [0.15, 0.2) is 0 Å². The number of hydrogen-bond donors (Lipinski definition) is 1. The van der Waals surface area contributed by atoms with Crippen LogP contribution in [0.25, 0.3) is 0 Å². The van der Waals surface area contributed by atoms with Gasteiger partial charge in [-0.25, -0.2) is 4.39 Å². The number of para-hydroxylation sites is 1. The minimum atomic E-state index is -0.597. The van der Waals surface area contributed by atoms with E-state index in [-0.39, 0.29) is 30.9 Å². The van der Waals surface area contributed by atoms with Crippen molar-refractivity contribution in [3.8, 4) is 5.75 Å². The summed E-state index contributed by atoms with van der Waals surface area (Å²) >= 11 is 0. The summed E-state index contributed by atoms with van der Waals surface area (Å²) in [6.45, 7) is 6.68. The molecule has 6 heteroatoms. The molecule has 4 nitrogen and oxygen atoms in total. The van der Waals surface area contributed by atoms with Gasteiger partial charge in [0.05, 0.1) is 12.7 Å². The van der Waals surface area contributed by atoms with Gasteiger partial charge in [-0.15, -0.1) is 12.4 Å². The molecule has 2 aromatic rings. The van der Waals surface area contributed by atoms with Crippen LogP contribution in [0.1, 0.15) is 22.8 Å². The van der Waals surface area contributed by atoms with Gasteiger partial charge in [-0.1, -0.05) is 30.3 Å². The third-order valence-electron chi connectivity index (χ3n) is 4.67. The van der Waals surface area contributed by atoms with Crippen LogP contribution in [0, 0.1) is 19.7 Å². The fraction of sp³-hybridized carbons (Fsp3) is 0.429. The second kappa shape index (κ2) is 10.0. The highest BCUT2D eigenvalue weighted by molar-refractivity contribution is 5.85. The number of β-amino-alcohol motifs (C(OH)–C–C–N with tert-alkyl or cyclic N) is 1. The van der Waals surface area contributed by atoms with Gasteiger partial charge in [0.25, 0.3) is 0 Å². The molecule has 1 fully saturated rings. The second-order valence-corrected chi connectivity index (χ2v) is 6.86. The zero-order chi connectivity index (χ0) is 18.5. The van der Waals surface area contributed by atoms with Crippen molar-refractivity contribution in [3.63, 3.8) is 0 Å². The van der Waals surface area contributed by atoms with Gasteiger partial charge in [0, 0.05) is 19.6 Å². The lowest BCUT2D eigenvalue weighted by molar-refractivity contribution is -0.0460. The van der Waals surface area contributed by atoms with E-state index in [0.717, 1.165) is 29.0 Å². The number of aliphatic hydroxyl groups excluding tert-OH is 1. The van der Waals surface area contributed by atoms with Crippen molar-refractivity contribution in [2.45, 2.75) is 26.1 Å². The number of halogens is 2. The van der Waals surface area contributed by atoms with E-state index in [0.29, 0.717) is 19.7 Å². The van der Waals surface area contributed by atoms with Crippen LogP contribution >= 0.6 is 12.4 Å². The highest BCUT2D eigenvalue weighted by Gasteiger charge is 2.24. The lowest BCUT2D eigenvalue weighted by Crippen LogP contribution is -2.43. The van der Waals surface area contributed by atoms with Crippen molar-refractivity contribution in [2.75, 3.05) is 32.8 Å². The number of morpholine rings is 1. The Kier molecular flexibility index (Phi) is 8.05. The van der Waals surface area contributed by atoms with Gasteiger partial charge >= 0.3 is 0 Å². The van der Waals surface area contributed by atoms with Crippen molar-refractivity contribution in [1.82, 2.24) is 4.90 Å². The highest BCUT2D eigenvalue weighted by Crippen LogP contribution is 2.24. The molecule has 148 valence electrons. The molecule has 27 heavy (non-hydrogen) atoms. The first kappa shape index (κ1) is 21.6. The van der Waals surface area contributed by atoms with Gasteiger partial charge in [-0.2, -0.15) is 0 Å². The quantitative estimate of drug-likeness (QED) is 0.810. The summed E-state index contributed by atoms with van der Waals surface area (Å²) in [4.78, 5) is 2.14. The van der Waals surface area contributed by atoms with Crippen molar-refractivity contribution in [2.24, 2.45) is 0 Å². The minimum absolute atomic E-state index is 0. The topological polar surface area (TPSA) is 41.9 Å². The maximum Gasteiger partial charge on any atom is 0.125 e. The Morgan fingerprint density at radius 2 is 1.93 bits per heavy atom. The molecule has 3 rings (SSSR count). The van der Waals surface area contributed by atoms with Crippen molar-refractivity contribution in [1.29, 1.82) is 0 Å². The molecule has 1 aliphatic heterocycles. The molecule has 2 atom stereocenters. The zero-order valence-corrected chi connectivity index (χ0v) is 16.5. The van der Waals surface area contributed by atoms with E-state index >= 15 is 0 Å². The van der Waals surface area contributed by atoms with Crippen molar-refractivity contribution >= 4 is 12.4 Å². The summed E-state index contributed by atoms with van der Waals surface area (Å²) in [5, 5.41) is 10.4. The van der Waals surface area contributed by atoms with Gasteiger partial charge in [-0.3, -0.25) is 4.90 Å². The molecule has 0 saturated carbocycles. The Labute approximate surface area is 166 Å². The van der Waals surface area contributed by atoms with Crippen LogP contribution < -0.4 is 4.74 Å². The molecular weight excluding hydrogens is 369 g/mol. The Balaban J connectivity index is 0.00000261. The smallest absolute Gasteiger partial charge is 0.125 e. The minimum Gasteiger partial charge on any atom is -0.490 e. The van der Waals surface area contributed by atoms with Crippen LogP contribution in [0.3, 0.4) is 0 Å². The predicted octanol–water partition coefficient (Wildman–Crippen LogP) is 3.68. The maximum atomic E-state index is 13.4. The predicted molar refractivity (Wildman–Crippen MR) is 106 cm³/mol. The number of aryl methyl sites for hydroxylation is 2. The average Bonchev–Trinajstić information content (AvgIpc) is 2.61. The summed E-state index contributed by atoms with van der Waals surface area (Å²) < 4.78 is 25.0. The van der Waals surface area contributed by atoms with Crippen LogP contribution in [-0.4, -0.2) is 49.0 Å². The van der Waals surface area contributed by atoms with E-state index in [9.17, 15) is 9.50 Å². The van der Waals surface area contributed by atoms with Crippen molar-refractivity contribution < 1.29 is 19.0 Å². The number of benzene rings is 2. The fourth-order valence-corrected chi connectivity index (χ4v) is 3.33. The molecule has 0 amide bonds. The summed E-state index contributed by atoms with van der Waals surface area (Å²) in [6.07, 6.45) is -0.772. The standard InChI is InChI=1S/C21H26FNO3.ClH/c1-15-5-3-6-16(2)21(15)26-14-19(24)12-23-9-10-25-20(13-23)17-7-4-8-18(22)11-17;/h3-8,11,19-20,24H,9-10,12-14H2,1-2H3;1H. The highest BCUT2D eigenvalue weighted by atomic mass is 35.5. The molecule has 2 aromatic carbocycles. The number of aliphatic hydroxyl groups is 1. The van der Waals surface area contributed by atoms with Crippen LogP contribution in [0.2, 0.25) is 0 Å². The first-order valence-electron chi connectivity index (χ1n) is 8.99. The Bertz CT molecular complexity index is 723. The molecule has 1 heterocycles. The van der Waals surface area contributed by atoms with E-state index in [1.54, 1.807) is 6.07 Å². The first-order chi connectivity index (χ1) is 12.5. The summed E-state index contributed by atoms with van der Waals surface area (Å²) in [5.74, 6) is 0.580.